The molecule has 21 heavy (non-hydrogen) atoms. The van der Waals surface area contributed by atoms with Gasteiger partial charge in [-0.15, -0.1) is 0 Å². The standard InChI is InChI=1S/C14H21NO4S2/c1-10-11(2)20-7-6-15(10)21(17,18)14-8-12(9-16)4-5-13(14)19-3/h4-5,8,10-11,16H,6-7,9H2,1-3H3. The summed E-state index contributed by atoms with van der Waals surface area (Å²) in [5.74, 6) is 1.09. The summed E-state index contributed by atoms with van der Waals surface area (Å²) in [6.07, 6.45) is 0. The molecule has 0 aliphatic carbocycles. The molecule has 2 unspecified atom stereocenters. The van der Waals surface area contributed by atoms with Gasteiger partial charge in [0.05, 0.1) is 13.7 Å². The van der Waals surface area contributed by atoms with E-state index in [9.17, 15) is 13.5 Å². The quantitative estimate of drug-likeness (QED) is 0.910. The number of nitrogens with zero attached hydrogens (tertiary/aromatic N) is 1. The van der Waals surface area contributed by atoms with E-state index in [1.54, 1.807) is 23.9 Å². The van der Waals surface area contributed by atoms with E-state index in [1.807, 2.05) is 13.8 Å². The Morgan fingerprint density at radius 3 is 2.76 bits per heavy atom. The van der Waals surface area contributed by atoms with Crippen LogP contribution < -0.4 is 4.74 Å². The van der Waals surface area contributed by atoms with Gasteiger partial charge in [-0.1, -0.05) is 13.0 Å². The van der Waals surface area contributed by atoms with E-state index >= 15 is 0 Å². The molecule has 1 heterocycles. The number of aliphatic hydroxyl groups excluding tert-OH is 1. The zero-order valence-corrected chi connectivity index (χ0v) is 14.1. The first-order valence-corrected chi connectivity index (χ1v) is 9.32. The molecule has 2 atom stereocenters. The van der Waals surface area contributed by atoms with Gasteiger partial charge in [-0.3, -0.25) is 0 Å². The molecule has 0 bridgehead atoms. The van der Waals surface area contributed by atoms with Crippen LogP contribution in [0.3, 0.4) is 0 Å². The first-order chi connectivity index (χ1) is 9.91. The van der Waals surface area contributed by atoms with E-state index in [4.69, 9.17) is 4.74 Å². The number of ether oxygens (including phenoxy) is 1. The predicted octanol–water partition coefficient (Wildman–Crippen LogP) is 1.70. The molecule has 1 fully saturated rings. The molecule has 1 aromatic rings. The van der Waals surface area contributed by atoms with Crippen LogP contribution in [0.15, 0.2) is 23.1 Å². The molecule has 0 radical (unpaired) electrons. The summed E-state index contributed by atoms with van der Waals surface area (Å²) in [6.45, 7) is 4.26. The molecule has 2 rings (SSSR count). The third kappa shape index (κ3) is 3.21. The lowest BCUT2D eigenvalue weighted by atomic mass is 10.2. The molecule has 0 spiro atoms. The lowest BCUT2D eigenvalue weighted by Gasteiger charge is -2.36. The number of rotatable bonds is 4. The zero-order valence-electron chi connectivity index (χ0n) is 12.4. The molecule has 1 N–H and O–H groups in total. The fraction of sp³-hybridized carbons (Fsp3) is 0.571. The highest BCUT2D eigenvalue weighted by atomic mass is 32.2. The second-order valence-electron chi connectivity index (χ2n) is 5.08. The fourth-order valence-electron chi connectivity index (χ4n) is 2.39. The van der Waals surface area contributed by atoms with Crippen molar-refractivity contribution >= 4 is 21.8 Å². The Kier molecular flexibility index (Phi) is 5.19. The number of hydrogen-bond acceptors (Lipinski definition) is 5. The van der Waals surface area contributed by atoms with E-state index in [1.165, 1.54) is 17.5 Å². The zero-order chi connectivity index (χ0) is 15.6. The second-order valence-corrected chi connectivity index (χ2v) is 8.42. The predicted molar refractivity (Wildman–Crippen MR) is 84.2 cm³/mol. The first-order valence-electron chi connectivity index (χ1n) is 6.83. The van der Waals surface area contributed by atoms with Crippen LogP contribution in [-0.2, 0) is 16.6 Å². The normalized spacial score (nSPS) is 24.0. The highest BCUT2D eigenvalue weighted by Gasteiger charge is 2.36. The Morgan fingerprint density at radius 1 is 1.43 bits per heavy atom. The van der Waals surface area contributed by atoms with Crippen molar-refractivity contribution in [3.8, 4) is 5.75 Å². The minimum atomic E-state index is -3.64. The van der Waals surface area contributed by atoms with E-state index in [2.05, 4.69) is 0 Å². The minimum absolute atomic E-state index is 0.0729. The van der Waals surface area contributed by atoms with Crippen molar-refractivity contribution < 1.29 is 18.3 Å². The van der Waals surface area contributed by atoms with Crippen molar-refractivity contribution in [2.24, 2.45) is 0 Å². The van der Waals surface area contributed by atoms with Gasteiger partial charge in [-0.25, -0.2) is 8.42 Å². The van der Waals surface area contributed by atoms with Crippen LogP contribution in [0, 0.1) is 0 Å². The largest absolute Gasteiger partial charge is 0.495 e. The van der Waals surface area contributed by atoms with Crippen molar-refractivity contribution in [1.82, 2.24) is 4.31 Å². The molecule has 118 valence electrons. The number of benzene rings is 1. The molecule has 0 saturated carbocycles. The SMILES string of the molecule is COc1ccc(CO)cc1S(=O)(=O)N1CCSC(C)C1C. The van der Waals surface area contributed by atoms with Crippen molar-refractivity contribution in [1.29, 1.82) is 0 Å². The monoisotopic (exact) mass is 331 g/mol. The molecule has 0 aromatic heterocycles. The molecular weight excluding hydrogens is 310 g/mol. The van der Waals surface area contributed by atoms with Crippen molar-refractivity contribution in [3.63, 3.8) is 0 Å². The van der Waals surface area contributed by atoms with Gasteiger partial charge in [0.25, 0.3) is 0 Å². The lowest BCUT2D eigenvalue weighted by molar-refractivity contribution is 0.281. The third-order valence-corrected chi connectivity index (χ3v) is 7.17. The maximum atomic E-state index is 12.9. The molecule has 1 aliphatic heterocycles. The van der Waals surface area contributed by atoms with Crippen LogP contribution >= 0.6 is 11.8 Å². The summed E-state index contributed by atoms with van der Waals surface area (Å²) in [6, 6.07) is 4.67. The van der Waals surface area contributed by atoms with Crippen LogP contribution in [0.4, 0.5) is 0 Å². The number of thioether (sulfide) groups is 1. The van der Waals surface area contributed by atoms with Gasteiger partial charge in [0, 0.05) is 23.6 Å². The number of sulfonamides is 1. The van der Waals surface area contributed by atoms with Gasteiger partial charge in [0.2, 0.25) is 10.0 Å². The fourth-order valence-corrected chi connectivity index (χ4v) is 5.59. The van der Waals surface area contributed by atoms with Gasteiger partial charge in [0.15, 0.2) is 0 Å². The van der Waals surface area contributed by atoms with Gasteiger partial charge < -0.3 is 9.84 Å². The Hall–Kier alpha value is -0.760. The van der Waals surface area contributed by atoms with E-state index in [-0.39, 0.29) is 22.8 Å². The van der Waals surface area contributed by atoms with Gasteiger partial charge in [-0.2, -0.15) is 16.1 Å². The summed E-state index contributed by atoms with van der Waals surface area (Å²) in [5.41, 5.74) is 0.557. The number of methoxy groups -OCH3 is 1. The van der Waals surface area contributed by atoms with Crippen molar-refractivity contribution in [2.45, 2.75) is 36.6 Å². The average Bonchev–Trinajstić information content (AvgIpc) is 2.49. The van der Waals surface area contributed by atoms with Crippen molar-refractivity contribution in [3.05, 3.63) is 23.8 Å². The summed E-state index contributed by atoms with van der Waals surface area (Å²) >= 11 is 1.78. The maximum Gasteiger partial charge on any atom is 0.247 e. The van der Waals surface area contributed by atoms with Crippen LogP contribution in [0.5, 0.6) is 5.75 Å². The summed E-state index contributed by atoms with van der Waals surface area (Å²) in [4.78, 5) is 0.127. The van der Waals surface area contributed by atoms with Crippen LogP contribution in [0.2, 0.25) is 0 Å². The molecule has 1 aromatic carbocycles. The average molecular weight is 331 g/mol. The van der Waals surface area contributed by atoms with Gasteiger partial charge in [0.1, 0.15) is 10.6 Å². The van der Waals surface area contributed by atoms with E-state index in [0.29, 0.717) is 17.9 Å². The maximum absolute atomic E-state index is 12.9. The van der Waals surface area contributed by atoms with Gasteiger partial charge in [-0.05, 0) is 24.6 Å². The Bertz CT molecular complexity index is 603. The second kappa shape index (κ2) is 6.56. The Labute approximate surface area is 130 Å². The minimum Gasteiger partial charge on any atom is -0.495 e. The molecule has 7 heteroatoms. The Balaban J connectivity index is 2.47. The highest BCUT2D eigenvalue weighted by molar-refractivity contribution is 8.00. The van der Waals surface area contributed by atoms with E-state index < -0.39 is 10.0 Å². The number of aliphatic hydroxyl groups is 1. The Morgan fingerprint density at radius 2 is 2.14 bits per heavy atom. The smallest absolute Gasteiger partial charge is 0.247 e. The molecule has 1 saturated heterocycles. The van der Waals surface area contributed by atoms with Gasteiger partial charge >= 0.3 is 0 Å². The van der Waals surface area contributed by atoms with Crippen molar-refractivity contribution in [2.75, 3.05) is 19.4 Å². The molecule has 1 aliphatic rings. The van der Waals surface area contributed by atoms with Crippen LogP contribution in [0.25, 0.3) is 0 Å². The summed E-state index contributed by atoms with van der Waals surface area (Å²) < 4.78 is 32.6. The highest BCUT2D eigenvalue weighted by Crippen LogP contribution is 2.33. The molecular formula is C14H21NO4S2. The molecule has 5 nitrogen and oxygen atoms in total. The van der Waals surface area contributed by atoms with E-state index in [0.717, 1.165) is 5.75 Å². The third-order valence-electron chi connectivity index (χ3n) is 3.82. The number of hydrogen-bond donors (Lipinski definition) is 1. The van der Waals surface area contributed by atoms with Crippen LogP contribution in [0.1, 0.15) is 19.4 Å². The molecule has 0 amide bonds. The lowest BCUT2D eigenvalue weighted by Crippen LogP contribution is -2.47. The topological polar surface area (TPSA) is 66.8 Å². The van der Waals surface area contributed by atoms with Crippen LogP contribution in [-0.4, -0.2) is 48.5 Å². The summed E-state index contributed by atoms with van der Waals surface area (Å²) in [5, 5.41) is 9.49. The summed E-state index contributed by atoms with van der Waals surface area (Å²) in [7, 11) is -2.19. The first kappa shape index (κ1) is 16.6.